The van der Waals surface area contributed by atoms with Crippen LogP contribution >= 0.6 is 22.9 Å². The molecule has 0 radical (unpaired) electrons. The maximum absolute atomic E-state index is 2.43. The van der Waals surface area contributed by atoms with Gasteiger partial charge in [-0.1, -0.05) is 32.9 Å². The number of anilines is 2. The number of nitrogens with zero attached hydrogens (tertiary/aromatic N) is 1. The lowest BCUT2D eigenvalue weighted by atomic mass is 9.86. The summed E-state index contributed by atoms with van der Waals surface area (Å²) in [7, 11) is 0. The van der Waals surface area contributed by atoms with Gasteiger partial charge in [0.2, 0.25) is 0 Å². The predicted octanol–water partition coefficient (Wildman–Crippen LogP) is 6.71. The molecular weight excluding hydrogens is 381 g/mol. The van der Waals surface area contributed by atoms with Crippen molar-refractivity contribution in [2.45, 2.75) is 53.9 Å². The van der Waals surface area contributed by atoms with E-state index >= 15 is 0 Å². The minimum absolute atomic E-state index is 0.163. The van der Waals surface area contributed by atoms with Gasteiger partial charge in [0.1, 0.15) is 0 Å². The molecule has 0 aromatic heterocycles. The first-order chi connectivity index (χ1) is 10.1. The van der Waals surface area contributed by atoms with Gasteiger partial charge in [-0.2, -0.15) is 0 Å². The summed E-state index contributed by atoms with van der Waals surface area (Å²) in [5, 5.41) is 0. The number of aryl methyl sites for hydroxylation is 3. The molecule has 0 saturated heterocycles. The Morgan fingerprint density at radius 3 is 2.00 bits per heavy atom. The Bertz CT molecular complexity index is 696. The SMILES string of the molecule is Cc1cc(N(I)c2cc(C)cc(C)c2C)cc(C(C)(C)C)c1. The zero-order chi connectivity index (χ0) is 16.7. The van der Waals surface area contributed by atoms with Gasteiger partial charge in [-0.3, -0.25) is 3.11 Å². The van der Waals surface area contributed by atoms with Crippen LogP contribution < -0.4 is 3.11 Å². The molecule has 0 spiro atoms. The maximum atomic E-state index is 2.43. The summed E-state index contributed by atoms with van der Waals surface area (Å²) in [6.07, 6.45) is 0. The average Bonchev–Trinajstić information content (AvgIpc) is 2.40. The van der Waals surface area contributed by atoms with Crippen LogP contribution in [0.2, 0.25) is 0 Å². The van der Waals surface area contributed by atoms with E-state index in [9.17, 15) is 0 Å². The van der Waals surface area contributed by atoms with Crippen molar-refractivity contribution in [1.29, 1.82) is 0 Å². The van der Waals surface area contributed by atoms with Crippen LogP contribution in [0, 0.1) is 27.7 Å². The van der Waals surface area contributed by atoms with Crippen LogP contribution in [0.1, 0.15) is 48.6 Å². The van der Waals surface area contributed by atoms with E-state index in [4.69, 9.17) is 0 Å². The lowest BCUT2D eigenvalue weighted by molar-refractivity contribution is 0.590. The number of rotatable bonds is 2. The zero-order valence-corrected chi connectivity index (χ0v) is 16.9. The summed E-state index contributed by atoms with van der Waals surface area (Å²) < 4.78 is 2.29. The smallest absolute Gasteiger partial charge is 0.0646 e. The van der Waals surface area contributed by atoms with E-state index < -0.39 is 0 Å². The molecule has 0 saturated carbocycles. The molecule has 0 amide bonds. The van der Waals surface area contributed by atoms with Crippen LogP contribution in [0.5, 0.6) is 0 Å². The van der Waals surface area contributed by atoms with Crippen molar-refractivity contribution in [2.75, 3.05) is 3.11 Å². The largest absolute Gasteiger partial charge is 0.283 e. The molecule has 0 N–H and O–H groups in total. The molecule has 0 fully saturated rings. The number of hydrogen-bond donors (Lipinski definition) is 0. The van der Waals surface area contributed by atoms with Gasteiger partial charge in [0.25, 0.3) is 0 Å². The Labute approximate surface area is 149 Å². The Kier molecular flexibility index (Phi) is 4.90. The maximum Gasteiger partial charge on any atom is 0.0646 e. The lowest BCUT2D eigenvalue weighted by Gasteiger charge is -2.25. The third-order valence-corrected chi connectivity index (χ3v) is 5.23. The summed E-state index contributed by atoms with van der Waals surface area (Å²) in [6.45, 7) is 15.5. The van der Waals surface area contributed by atoms with Crippen molar-refractivity contribution in [3.05, 3.63) is 58.1 Å². The van der Waals surface area contributed by atoms with Gasteiger partial charge in [-0.05, 0) is 79.1 Å². The van der Waals surface area contributed by atoms with E-state index in [0.717, 1.165) is 0 Å². The fourth-order valence-electron chi connectivity index (χ4n) is 2.67. The second-order valence-electron chi connectivity index (χ2n) is 7.31. The van der Waals surface area contributed by atoms with Crippen molar-refractivity contribution in [1.82, 2.24) is 0 Å². The van der Waals surface area contributed by atoms with E-state index in [1.807, 2.05) is 0 Å². The van der Waals surface area contributed by atoms with Crippen LogP contribution in [0.4, 0.5) is 11.4 Å². The van der Waals surface area contributed by atoms with E-state index in [1.165, 1.54) is 39.2 Å². The third-order valence-electron chi connectivity index (χ3n) is 4.15. The molecule has 2 rings (SSSR count). The van der Waals surface area contributed by atoms with E-state index in [1.54, 1.807) is 0 Å². The Morgan fingerprint density at radius 1 is 0.818 bits per heavy atom. The van der Waals surface area contributed by atoms with Gasteiger partial charge in [-0.15, -0.1) is 0 Å². The summed E-state index contributed by atoms with van der Waals surface area (Å²) in [5.41, 5.74) is 9.39. The summed E-state index contributed by atoms with van der Waals surface area (Å²) >= 11 is 2.43. The number of hydrogen-bond acceptors (Lipinski definition) is 1. The molecule has 0 heterocycles. The van der Waals surface area contributed by atoms with E-state index in [0.29, 0.717) is 0 Å². The average molecular weight is 407 g/mol. The van der Waals surface area contributed by atoms with Crippen molar-refractivity contribution in [2.24, 2.45) is 0 Å². The minimum Gasteiger partial charge on any atom is -0.283 e. The molecule has 1 nitrogen and oxygen atoms in total. The fourth-order valence-corrected chi connectivity index (χ4v) is 3.45. The predicted molar refractivity (Wildman–Crippen MR) is 107 cm³/mol. The normalized spacial score (nSPS) is 11.6. The first-order valence-electron chi connectivity index (χ1n) is 7.75. The Balaban J connectivity index is 2.55. The van der Waals surface area contributed by atoms with Gasteiger partial charge in [0.05, 0.1) is 34.2 Å². The van der Waals surface area contributed by atoms with E-state index in [-0.39, 0.29) is 5.41 Å². The molecule has 0 bridgehead atoms. The van der Waals surface area contributed by atoms with Crippen LogP contribution in [0.3, 0.4) is 0 Å². The molecule has 0 aliphatic heterocycles. The monoisotopic (exact) mass is 407 g/mol. The van der Waals surface area contributed by atoms with Crippen LogP contribution in [0.25, 0.3) is 0 Å². The minimum atomic E-state index is 0.163. The lowest BCUT2D eigenvalue weighted by Crippen LogP contribution is -2.13. The molecule has 0 aliphatic rings. The van der Waals surface area contributed by atoms with Gasteiger partial charge in [0, 0.05) is 0 Å². The topological polar surface area (TPSA) is 3.24 Å². The highest BCUT2D eigenvalue weighted by molar-refractivity contribution is 14.1. The molecular formula is C20H26IN. The first kappa shape index (κ1) is 17.3. The standard InChI is InChI=1S/C20H26IN/c1-13-8-15(3)16(4)19(11-13)22(21)18-10-14(2)9-17(12-18)20(5,6)7/h8-12H,1-7H3. The Hall–Kier alpha value is -1.03. The van der Waals surface area contributed by atoms with Gasteiger partial charge >= 0.3 is 0 Å². The number of halogens is 1. The summed E-state index contributed by atoms with van der Waals surface area (Å²) in [6, 6.07) is 11.4. The third kappa shape index (κ3) is 3.65. The molecule has 0 unspecified atom stereocenters. The van der Waals surface area contributed by atoms with Crippen LogP contribution in [-0.4, -0.2) is 0 Å². The van der Waals surface area contributed by atoms with Gasteiger partial charge in [0.15, 0.2) is 0 Å². The van der Waals surface area contributed by atoms with Crippen LogP contribution in [-0.2, 0) is 5.41 Å². The first-order valence-corrected chi connectivity index (χ1v) is 8.72. The second-order valence-corrected chi connectivity index (χ2v) is 8.28. The highest BCUT2D eigenvalue weighted by atomic mass is 127. The van der Waals surface area contributed by atoms with E-state index in [2.05, 4.69) is 105 Å². The highest BCUT2D eigenvalue weighted by Crippen LogP contribution is 2.37. The van der Waals surface area contributed by atoms with Crippen LogP contribution in [0.15, 0.2) is 30.3 Å². The molecule has 2 aromatic carbocycles. The van der Waals surface area contributed by atoms with Crippen molar-refractivity contribution >= 4 is 34.2 Å². The molecule has 0 atom stereocenters. The van der Waals surface area contributed by atoms with Crippen molar-refractivity contribution < 1.29 is 0 Å². The zero-order valence-electron chi connectivity index (χ0n) is 14.7. The fraction of sp³-hybridized carbons (Fsp3) is 0.400. The van der Waals surface area contributed by atoms with Gasteiger partial charge in [-0.25, -0.2) is 0 Å². The van der Waals surface area contributed by atoms with Crippen molar-refractivity contribution in [3.8, 4) is 0 Å². The molecule has 2 aromatic rings. The molecule has 22 heavy (non-hydrogen) atoms. The second kappa shape index (κ2) is 6.23. The van der Waals surface area contributed by atoms with Gasteiger partial charge < -0.3 is 0 Å². The summed E-state index contributed by atoms with van der Waals surface area (Å²) in [5.74, 6) is 0. The quantitative estimate of drug-likeness (QED) is 0.395. The Morgan fingerprint density at radius 2 is 1.41 bits per heavy atom. The molecule has 2 heteroatoms. The molecule has 0 aliphatic carbocycles. The summed E-state index contributed by atoms with van der Waals surface area (Å²) in [4.78, 5) is 0. The molecule has 118 valence electrons. The van der Waals surface area contributed by atoms with Crippen molar-refractivity contribution in [3.63, 3.8) is 0 Å². The number of benzene rings is 2. The highest BCUT2D eigenvalue weighted by Gasteiger charge is 2.17.